The maximum absolute atomic E-state index is 12.6. The molecular formula is C24H25Cl2N3OS. The second-order valence-electron chi connectivity index (χ2n) is 8.77. The van der Waals surface area contributed by atoms with Crippen LogP contribution in [0.3, 0.4) is 0 Å². The Hall–Kier alpha value is -1.95. The fourth-order valence-corrected chi connectivity index (χ4v) is 5.37. The van der Waals surface area contributed by atoms with Gasteiger partial charge in [0.2, 0.25) is 0 Å². The molecule has 1 fully saturated rings. The lowest BCUT2D eigenvalue weighted by Crippen LogP contribution is -2.45. The average molecular weight is 474 g/mol. The number of carbonyl (C=O) groups excluding carboxylic acids is 1. The largest absolute Gasteiger partial charge is 0.369 e. The van der Waals surface area contributed by atoms with Gasteiger partial charge in [0.05, 0.1) is 10.6 Å². The number of rotatable bonds is 2. The molecule has 1 saturated heterocycles. The first-order valence-corrected chi connectivity index (χ1v) is 11.8. The molecule has 2 aliphatic heterocycles. The number of anilines is 1. The topological polar surface area (TPSA) is 44.7 Å². The number of hydrogen-bond acceptors (Lipinski definition) is 4. The number of fused-ring (bicyclic) bond motifs is 1. The zero-order valence-electron chi connectivity index (χ0n) is 18.2. The van der Waals surface area contributed by atoms with E-state index in [4.69, 9.17) is 23.2 Å². The van der Waals surface area contributed by atoms with Crippen LogP contribution in [0, 0.1) is 6.92 Å². The molecule has 0 aliphatic carbocycles. The lowest BCUT2D eigenvalue weighted by molar-refractivity contribution is -0.115. The molecule has 1 amide bonds. The van der Waals surface area contributed by atoms with E-state index in [1.165, 1.54) is 17.3 Å². The van der Waals surface area contributed by atoms with Gasteiger partial charge in [-0.1, -0.05) is 36.2 Å². The average Bonchev–Trinajstić information content (AvgIpc) is 3.03. The number of carbonyl (C=O) groups is 1. The molecule has 4 rings (SSSR count). The van der Waals surface area contributed by atoms with E-state index in [0.29, 0.717) is 26.0 Å². The van der Waals surface area contributed by atoms with Crippen LogP contribution in [0.4, 0.5) is 11.4 Å². The Morgan fingerprint density at radius 2 is 2.00 bits per heavy atom. The van der Waals surface area contributed by atoms with Gasteiger partial charge >= 0.3 is 0 Å². The maximum atomic E-state index is 12.6. The third-order valence-corrected chi connectivity index (χ3v) is 7.80. The van der Waals surface area contributed by atoms with Crippen LogP contribution in [0.2, 0.25) is 10.0 Å². The van der Waals surface area contributed by atoms with Gasteiger partial charge in [0.1, 0.15) is 0 Å². The number of aliphatic imine (C=N–C) groups is 1. The maximum Gasteiger partial charge on any atom is 0.264 e. The number of amides is 1. The van der Waals surface area contributed by atoms with Crippen molar-refractivity contribution in [3.63, 3.8) is 0 Å². The van der Waals surface area contributed by atoms with Gasteiger partial charge < -0.3 is 10.2 Å². The summed E-state index contributed by atoms with van der Waals surface area (Å²) in [6.45, 7) is 8.65. The zero-order chi connectivity index (χ0) is 22.5. The number of nitrogens with zero attached hydrogens (tertiary/aromatic N) is 2. The lowest BCUT2D eigenvalue weighted by Gasteiger charge is -2.45. The van der Waals surface area contributed by atoms with Gasteiger partial charge in [-0.2, -0.15) is 0 Å². The standard InChI is InChI=1S/C24H25Cl2N3OS/c1-13-12-24(3,4)29(5)20-11-18(26)15(9-16(13)20)10-21-22(30)28-23(31-21)27-19-8-6-7-17(25)14(19)2/h6-11,13H,12H2,1-5H3,(H,27,28,30)/b21-10-/t13-/m0/s1. The molecule has 31 heavy (non-hydrogen) atoms. The van der Waals surface area contributed by atoms with Gasteiger partial charge in [-0.25, -0.2) is 4.99 Å². The summed E-state index contributed by atoms with van der Waals surface area (Å²) in [4.78, 5) is 20.0. The van der Waals surface area contributed by atoms with Gasteiger partial charge in [0.15, 0.2) is 5.17 Å². The Morgan fingerprint density at radius 1 is 1.26 bits per heavy atom. The van der Waals surface area contributed by atoms with Crippen molar-refractivity contribution in [1.29, 1.82) is 0 Å². The molecule has 0 saturated carbocycles. The van der Waals surface area contributed by atoms with Crippen molar-refractivity contribution in [3.8, 4) is 0 Å². The monoisotopic (exact) mass is 473 g/mol. The van der Waals surface area contributed by atoms with Crippen LogP contribution in [-0.4, -0.2) is 23.7 Å². The highest BCUT2D eigenvalue weighted by Gasteiger charge is 2.34. The number of benzene rings is 2. The van der Waals surface area contributed by atoms with Gasteiger partial charge in [-0.3, -0.25) is 4.79 Å². The normalized spacial score (nSPS) is 22.7. The van der Waals surface area contributed by atoms with E-state index in [0.717, 1.165) is 28.9 Å². The first-order chi connectivity index (χ1) is 14.6. The number of amidine groups is 1. The molecule has 7 heteroatoms. The van der Waals surface area contributed by atoms with Crippen molar-refractivity contribution < 1.29 is 4.79 Å². The summed E-state index contributed by atoms with van der Waals surface area (Å²) in [6, 6.07) is 9.68. The van der Waals surface area contributed by atoms with Crippen LogP contribution in [0.1, 0.15) is 49.8 Å². The fourth-order valence-electron chi connectivity index (χ4n) is 4.16. The van der Waals surface area contributed by atoms with Crippen LogP contribution >= 0.6 is 35.0 Å². The van der Waals surface area contributed by atoms with Crippen molar-refractivity contribution >= 4 is 63.5 Å². The van der Waals surface area contributed by atoms with Crippen LogP contribution < -0.4 is 10.2 Å². The number of halogens is 2. The highest BCUT2D eigenvalue weighted by Crippen LogP contribution is 2.45. The van der Waals surface area contributed by atoms with Crippen LogP contribution in [0.25, 0.3) is 6.08 Å². The third-order valence-electron chi connectivity index (χ3n) is 6.15. The first kappa shape index (κ1) is 22.3. The van der Waals surface area contributed by atoms with Crippen molar-refractivity contribution in [1.82, 2.24) is 5.32 Å². The minimum Gasteiger partial charge on any atom is -0.369 e. The van der Waals surface area contributed by atoms with E-state index in [9.17, 15) is 4.79 Å². The summed E-state index contributed by atoms with van der Waals surface area (Å²) >= 11 is 14.1. The quantitative estimate of drug-likeness (QED) is 0.481. The van der Waals surface area contributed by atoms with Crippen molar-refractivity contribution in [2.24, 2.45) is 4.99 Å². The molecule has 1 N–H and O–H groups in total. The predicted octanol–water partition coefficient (Wildman–Crippen LogP) is 6.92. The van der Waals surface area contributed by atoms with E-state index in [1.807, 2.05) is 37.3 Å². The molecule has 4 nitrogen and oxygen atoms in total. The highest BCUT2D eigenvalue weighted by atomic mass is 35.5. The van der Waals surface area contributed by atoms with Gasteiger partial charge in [0.25, 0.3) is 5.91 Å². The predicted molar refractivity (Wildman–Crippen MR) is 134 cm³/mol. The number of thioether (sulfide) groups is 1. The Kier molecular flexibility index (Phi) is 5.88. The summed E-state index contributed by atoms with van der Waals surface area (Å²) in [5.41, 5.74) is 4.94. The van der Waals surface area contributed by atoms with Crippen LogP contribution in [0.15, 0.2) is 40.2 Å². The molecule has 0 radical (unpaired) electrons. The van der Waals surface area contributed by atoms with E-state index >= 15 is 0 Å². The molecule has 0 bridgehead atoms. The summed E-state index contributed by atoms with van der Waals surface area (Å²) in [6.07, 6.45) is 2.90. The van der Waals surface area contributed by atoms with Gasteiger partial charge in [-0.05, 0) is 91.9 Å². The molecule has 2 aliphatic rings. The van der Waals surface area contributed by atoms with Crippen LogP contribution in [0.5, 0.6) is 0 Å². The number of nitrogens with one attached hydrogen (secondary N) is 1. The minimum absolute atomic E-state index is 0.0702. The van der Waals surface area contributed by atoms with Gasteiger partial charge in [0, 0.05) is 28.3 Å². The highest BCUT2D eigenvalue weighted by molar-refractivity contribution is 8.18. The molecule has 0 aromatic heterocycles. The second-order valence-corrected chi connectivity index (χ2v) is 10.6. The molecule has 1 atom stereocenters. The summed E-state index contributed by atoms with van der Waals surface area (Å²) in [5.74, 6) is 0.229. The molecule has 162 valence electrons. The first-order valence-electron chi connectivity index (χ1n) is 10.2. The van der Waals surface area contributed by atoms with E-state index < -0.39 is 0 Å². The van der Waals surface area contributed by atoms with Crippen molar-refractivity contribution in [2.75, 3.05) is 11.9 Å². The number of hydrogen-bond donors (Lipinski definition) is 1. The van der Waals surface area contributed by atoms with Crippen molar-refractivity contribution in [2.45, 2.75) is 45.6 Å². The minimum atomic E-state index is -0.177. The molecule has 0 unspecified atom stereocenters. The van der Waals surface area contributed by atoms with E-state index in [2.05, 4.69) is 49.1 Å². The summed E-state index contributed by atoms with van der Waals surface area (Å²) < 4.78 is 0. The third kappa shape index (κ3) is 4.23. The molecule has 2 aromatic carbocycles. The van der Waals surface area contributed by atoms with Crippen molar-refractivity contribution in [3.05, 3.63) is 62.0 Å². The smallest absolute Gasteiger partial charge is 0.264 e. The van der Waals surface area contributed by atoms with E-state index in [1.54, 1.807) is 0 Å². The summed E-state index contributed by atoms with van der Waals surface area (Å²) in [5, 5.41) is 4.65. The Morgan fingerprint density at radius 3 is 2.74 bits per heavy atom. The lowest BCUT2D eigenvalue weighted by atomic mass is 9.80. The molecule has 0 spiro atoms. The zero-order valence-corrected chi connectivity index (χ0v) is 20.5. The Bertz CT molecular complexity index is 1140. The molecule has 2 aromatic rings. The van der Waals surface area contributed by atoms with Gasteiger partial charge in [-0.15, -0.1) is 0 Å². The second kappa shape index (κ2) is 8.19. The molecule has 2 heterocycles. The van der Waals surface area contributed by atoms with Crippen LogP contribution in [-0.2, 0) is 4.79 Å². The Balaban J connectivity index is 1.67. The SMILES string of the molecule is Cc1c(Cl)cccc1N=C1NC(=O)/C(=C/c2cc3c(cc2Cl)N(C)C(C)(C)C[C@@H]3C)S1. The Labute approximate surface area is 197 Å². The molecular weight excluding hydrogens is 449 g/mol. The van der Waals surface area contributed by atoms with E-state index in [-0.39, 0.29) is 11.4 Å². The fraction of sp³-hybridized carbons (Fsp3) is 0.333. The summed E-state index contributed by atoms with van der Waals surface area (Å²) in [7, 11) is 2.11.